The quantitative estimate of drug-likeness (QED) is 0.656. The van der Waals surface area contributed by atoms with Crippen LogP contribution in [0.3, 0.4) is 0 Å². The van der Waals surface area contributed by atoms with Crippen LogP contribution in [0.25, 0.3) is 0 Å². The molecule has 0 unspecified atom stereocenters. The number of halogens is 1. The average molecular weight is 415 g/mol. The molecule has 0 fully saturated rings. The monoisotopic (exact) mass is 414 g/mol. The second-order valence-corrected chi connectivity index (χ2v) is 8.41. The van der Waals surface area contributed by atoms with Crippen LogP contribution >= 0.6 is 11.6 Å². The summed E-state index contributed by atoms with van der Waals surface area (Å²) in [4.78, 5) is 14.4. The van der Waals surface area contributed by atoms with E-state index in [1.165, 1.54) is 24.3 Å². The topological polar surface area (TPSA) is 66.5 Å². The van der Waals surface area contributed by atoms with Crippen LogP contribution in [0.2, 0.25) is 5.02 Å². The molecule has 0 aliphatic carbocycles. The van der Waals surface area contributed by atoms with Crippen molar-refractivity contribution in [1.29, 1.82) is 0 Å². The van der Waals surface area contributed by atoms with Gasteiger partial charge in [-0.15, -0.1) is 0 Å². The van der Waals surface area contributed by atoms with E-state index in [0.717, 1.165) is 5.69 Å². The Kier molecular flexibility index (Phi) is 5.72. The highest BCUT2D eigenvalue weighted by Gasteiger charge is 2.18. The summed E-state index contributed by atoms with van der Waals surface area (Å²) in [7, 11) is -2.05. The van der Waals surface area contributed by atoms with E-state index < -0.39 is 10.0 Å². The van der Waals surface area contributed by atoms with Crippen LogP contribution in [0.15, 0.2) is 77.7 Å². The molecule has 0 atom stereocenters. The Labute approximate surface area is 169 Å². The normalized spacial score (nSPS) is 11.1. The van der Waals surface area contributed by atoms with E-state index in [9.17, 15) is 13.2 Å². The lowest BCUT2D eigenvalue weighted by molar-refractivity contribution is 0.0993. The summed E-state index contributed by atoms with van der Waals surface area (Å²) >= 11 is 5.81. The lowest BCUT2D eigenvalue weighted by Crippen LogP contribution is -2.26. The maximum atomic E-state index is 12.7. The largest absolute Gasteiger partial charge is 0.311 e. The van der Waals surface area contributed by atoms with E-state index in [-0.39, 0.29) is 10.8 Å². The summed E-state index contributed by atoms with van der Waals surface area (Å²) in [6.45, 7) is 1.75. The fourth-order valence-corrected chi connectivity index (χ4v) is 3.95. The molecule has 0 spiro atoms. The highest BCUT2D eigenvalue weighted by molar-refractivity contribution is 7.92. The zero-order chi connectivity index (χ0) is 20.3. The minimum atomic E-state index is -3.75. The number of hydrogen-bond acceptors (Lipinski definition) is 3. The smallest absolute Gasteiger partial charge is 0.261 e. The number of carbonyl (C=O) groups is 1. The molecule has 0 radical (unpaired) electrons. The zero-order valence-corrected chi connectivity index (χ0v) is 17.0. The van der Waals surface area contributed by atoms with Gasteiger partial charge in [-0.05, 0) is 67.1 Å². The predicted octanol–water partition coefficient (Wildman–Crippen LogP) is 4.73. The molecule has 0 heterocycles. The van der Waals surface area contributed by atoms with Gasteiger partial charge in [0.15, 0.2) is 0 Å². The van der Waals surface area contributed by atoms with Gasteiger partial charge in [-0.1, -0.05) is 29.8 Å². The van der Waals surface area contributed by atoms with Gasteiger partial charge in [-0.25, -0.2) is 8.42 Å². The van der Waals surface area contributed by atoms with E-state index in [2.05, 4.69) is 4.72 Å². The van der Waals surface area contributed by atoms with Gasteiger partial charge in [0, 0.05) is 23.3 Å². The average Bonchev–Trinajstić information content (AvgIpc) is 2.69. The van der Waals surface area contributed by atoms with Gasteiger partial charge >= 0.3 is 0 Å². The summed E-state index contributed by atoms with van der Waals surface area (Å²) in [5, 5.41) is 0.459. The van der Waals surface area contributed by atoms with Crippen LogP contribution in [-0.4, -0.2) is 21.4 Å². The molecule has 5 nitrogen and oxygen atoms in total. The lowest BCUT2D eigenvalue weighted by Gasteiger charge is -2.18. The number of anilines is 2. The van der Waals surface area contributed by atoms with Gasteiger partial charge in [0.2, 0.25) is 0 Å². The van der Waals surface area contributed by atoms with Crippen molar-refractivity contribution in [3.05, 3.63) is 88.9 Å². The molecular weight excluding hydrogens is 396 g/mol. The second-order valence-electron chi connectivity index (χ2n) is 6.29. The zero-order valence-electron chi connectivity index (χ0n) is 15.4. The van der Waals surface area contributed by atoms with E-state index >= 15 is 0 Å². The Morgan fingerprint density at radius 3 is 2.21 bits per heavy atom. The Morgan fingerprint density at radius 2 is 1.61 bits per heavy atom. The molecule has 0 aromatic heterocycles. The first-order valence-electron chi connectivity index (χ1n) is 8.50. The van der Waals surface area contributed by atoms with Crippen molar-refractivity contribution in [2.24, 2.45) is 0 Å². The summed E-state index contributed by atoms with van der Waals surface area (Å²) in [5.74, 6) is -0.179. The van der Waals surface area contributed by atoms with Crippen LogP contribution in [0.1, 0.15) is 15.9 Å². The molecule has 0 bridgehead atoms. The molecule has 0 aliphatic rings. The number of sulfonamides is 1. The first-order chi connectivity index (χ1) is 13.3. The van der Waals surface area contributed by atoms with E-state index in [1.807, 2.05) is 30.3 Å². The Balaban J connectivity index is 1.82. The fourth-order valence-electron chi connectivity index (χ4n) is 2.69. The third kappa shape index (κ3) is 4.35. The maximum Gasteiger partial charge on any atom is 0.261 e. The molecule has 28 heavy (non-hydrogen) atoms. The molecule has 0 saturated carbocycles. The van der Waals surface area contributed by atoms with Crippen molar-refractivity contribution in [1.82, 2.24) is 0 Å². The molecule has 1 amide bonds. The molecule has 3 aromatic carbocycles. The van der Waals surface area contributed by atoms with E-state index in [4.69, 9.17) is 11.6 Å². The number of para-hydroxylation sites is 1. The first kappa shape index (κ1) is 19.9. The van der Waals surface area contributed by atoms with E-state index in [1.54, 1.807) is 37.1 Å². The Bertz CT molecular complexity index is 1100. The van der Waals surface area contributed by atoms with Gasteiger partial charge in [0.05, 0.1) is 10.6 Å². The molecule has 0 saturated heterocycles. The van der Waals surface area contributed by atoms with Crippen LogP contribution in [0.5, 0.6) is 0 Å². The van der Waals surface area contributed by atoms with Crippen LogP contribution in [-0.2, 0) is 10.0 Å². The summed E-state index contributed by atoms with van der Waals surface area (Å²) in [6.07, 6.45) is 0. The molecular formula is C21H19ClN2O3S. The number of aryl methyl sites for hydroxylation is 1. The molecule has 7 heteroatoms. The molecule has 3 rings (SSSR count). The van der Waals surface area contributed by atoms with Gasteiger partial charge in [-0.2, -0.15) is 0 Å². The highest BCUT2D eigenvalue weighted by Crippen LogP contribution is 2.23. The van der Waals surface area contributed by atoms with Gasteiger partial charge < -0.3 is 4.90 Å². The number of rotatable bonds is 5. The standard InChI is InChI=1S/C21H19ClN2O3S/c1-15-14-16(21(25)24(2)18-6-4-3-5-7-18)8-13-20(15)23-28(26,27)19-11-9-17(22)10-12-19/h3-14,23H,1-2H3. The van der Waals surface area contributed by atoms with Crippen molar-refractivity contribution < 1.29 is 13.2 Å². The molecule has 0 aliphatic heterocycles. The SMILES string of the molecule is Cc1cc(C(=O)N(C)c2ccccc2)ccc1NS(=O)(=O)c1ccc(Cl)cc1. The Hall–Kier alpha value is -2.83. The van der Waals surface area contributed by atoms with Crippen molar-refractivity contribution in [3.63, 3.8) is 0 Å². The van der Waals surface area contributed by atoms with Gasteiger partial charge in [0.1, 0.15) is 0 Å². The number of carbonyl (C=O) groups excluding carboxylic acids is 1. The number of nitrogens with zero attached hydrogens (tertiary/aromatic N) is 1. The van der Waals surface area contributed by atoms with Crippen LogP contribution in [0.4, 0.5) is 11.4 Å². The molecule has 1 N–H and O–H groups in total. The lowest BCUT2D eigenvalue weighted by atomic mass is 10.1. The summed E-state index contributed by atoms with van der Waals surface area (Å²) < 4.78 is 27.6. The van der Waals surface area contributed by atoms with Gasteiger partial charge in [0.25, 0.3) is 15.9 Å². The van der Waals surface area contributed by atoms with Crippen molar-refractivity contribution in [2.45, 2.75) is 11.8 Å². The summed E-state index contributed by atoms with van der Waals surface area (Å²) in [6, 6.07) is 20.1. The first-order valence-corrected chi connectivity index (χ1v) is 10.4. The number of hydrogen-bond donors (Lipinski definition) is 1. The predicted molar refractivity (Wildman–Crippen MR) is 113 cm³/mol. The van der Waals surface area contributed by atoms with Crippen molar-refractivity contribution in [2.75, 3.05) is 16.7 Å². The third-order valence-electron chi connectivity index (χ3n) is 4.29. The number of benzene rings is 3. The fraction of sp³-hybridized carbons (Fsp3) is 0.0952. The summed E-state index contributed by atoms with van der Waals surface area (Å²) in [5.41, 5.74) is 2.30. The van der Waals surface area contributed by atoms with Gasteiger partial charge in [-0.3, -0.25) is 9.52 Å². The van der Waals surface area contributed by atoms with E-state index in [0.29, 0.717) is 21.8 Å². The van der Waals surface area contributed by atoms with Crippen LogP contribution in [0, 0.1) is 6.92 Å². The maximum absolute atomic E-state index is 12.7. The van der Waals surface area contributed by atoms with Crippen LogP contribution < -0.4 is 9.62 Å². The molecule has 144 valence electrons. The Morgan fingerprint density at radius 1 is 0.964 bits per heavy atom. The third-order valence-corrected chi connectivity index (χ3v) is 5.92. The minimum Gasteiger partial charge on any atom is -0.311 e. The number of nitrogens with one attached hydrogen (secondary N) is 1. The highest BCUT2D eigenvalue weighted by atomic mass is 35.5. The second kappa shape index (κ2) is 8.04. The molecule has 3 aromatic rings. The number of amides is 1. The van der Waals surface area contributed by atoms with Crippen molar-refractivity contribution >= 4 is 38.9 Å². The minimum absolute atomic E-state index is 0.111. The van der Waals surface area contributed by atoms with Crippen molar-refractivity contribution in [3.8, 4) is 0 Å².